The van der Waals surface area contributed by atoms with Gasteiger partial charge in [-0.1, -0.05) is 18.2 Å². The van der Waals surface area contributed by atoms with Crippen molar-refractivity contribution in [3.05, 3.63) is 59.9 Å². The van der Waals surface area contributed by atoms with Crippen LogP contribution in [0.2, 0.25) is 0 Å². The van der Waals surface area contributed by atoms with E-state index < -0.39 is 22.0 Å². The lowest BCUT2D eigenvalue weighted by atomic mass is 10.1. The first-order chi connectivity index (χ1) is 11.5. The van der Waals surface area contributed by atoms with Crippen LogP contribution >= 0.6 is 0 Å². The number of amides is 1. The molecule has 1 atom stereocenters. The number of nitrogens with two attached hydrogens (primary N) is 1. The zero-order valence-electron chi connectivity index (χ0n) is 12.8. The third-order valence-corrected chi connectivity index (χ3v) is 5.69. The molecule has 0 aliphatic carbocycles. The number of hydrogen-bond donors (Lipinski definition) is 1. The zero-order chi connectivity index (χ0) is 17.2. The standard InChI is InChI=1S/C16H17N3O4S/c17-16(20)12-6-7-14(18-10-12)15-11-19(8-9-23-15)24(21,22)13-4-2-1-3-5-13/h1-7,10,15H,8-9,11H2,(H2,17,20). The molecule has 2 heterocycles. The maximum Gasteiger partial charge on any atom is 0.250 e. The molecule has 1 unspecified atom stereocenters. The second kappa shape index (κ2) is 6.68. The summed E-state index contributed by atoms with van der Waals surface area (Å²) in [5.74, 6) is -0.563. The lowest BCUT2D eigenvalue weighted by molar-refractivity contribution is -0.00495. The van der Waals surface area contributed by atoms with Crippen molar-refractivity contribution < 1.29 is 17.9 Å². The van der Waals surface area contributed by atoms with Gasteiger partial charge in [-0.2, -0.15) is 4.31 Å². The van der Waals surface area contributed by atoms with Crippen LogP contribution in [-0.4, -0.2) is 43.3 Å². The quantitative estimate of drug-likeness (QED) is 0.887. The van der Waals surface area contributed by atoms with Crippen LogP contribution in [-0.2, 0) is 14.8 Å². The minimum atomic E-state index is -3.57. The van der Waals surface area contributed by atoms with Crippen molar-refractivity contribution in [2.24, 2.45) is 5.73 Å². The van der Waals surface area contributed by atoms with Crippen LogP contribution in [0.5, 0.6) is 0 Å². The normalized spacial score (nSPS) is 19.1. The second-order valence-electron chi connectivity index (χ2n) is 5.37. The highest BCUT2D eigenvalue weighted by atomic mass is 32.2. The molecule has 0 bridgehead atoms. The molecule has 1 fully saturated rings. The van der Waals surface area contributed by atoms with Crippen LogP contribution in [0.15, 0.2) is 53.6 Å². The molecule has 0 spiro atoms. The highest BCUT2D eigenvalue weighted by Crippen LogP contribution is 2.25. The van der Waals surface area contributed by atoms with E-state index in [1.807, 2.05) is 0 Å². The molecule has 1 aromatic heterocycles. The predicted octanol–water partition coefficient (Wildman–Crippen LogP) is 0.943. The molecular weight excluding hydrogens is 330 g/mol. The van der Waals surface area contributed by atoms with Crippen LogP contribution in [0.4, 0.5) is 0 Å². The van der Waals surface area contributed by atoms with Gasteiger partial charge in [0.2, 0.25) is 15.9 Å². The smallest absolute Gasteiger partial charge is 0.250 e. The third-order valence-electron chi connectivity index (χ3n) is 3.81. The molecule has 1 aliphatic heterocycles. The predicted molar refractivity (Wildman–Crippen MR) is 86.6 cm³/mol. The number of carbonyl (C=O) groups excluding carboxylic acids is 1. The molecule has 2 N–H and O–H groups in total. The van der Waals surface area contributed by atoms with Gasteiger partial charge in [0.05, 0.1) is 22.8 Å². The van der Waals surface area contributed by atoms with E-state index in [9.17, 15) is 13.2 Å². The number of nitrogens with zero attached hydrogens (tertiary/aromatic N) is 2. The first-order valence-corrected chi connectivity index (χ1v) is 8.85. The van der Waals surface area contributed by atoms with Crippen molar-refractivity contribution in [1.29, 1.82) is 0 Å². The van der Waals surface area contributed by atoms with Crippen LogP contribution in [0, 0.1) is 0 Å². The number of aromatic nitrogens is 1. The molecule has 7 nitrogen and oxygen atoms in total. The van der Waals surface area contributed by atoms with Crippen LogP contribution in [0.25, 0.3) is 0 Å². The average Bonchev–Trinajstić information content (AvgIpc) is 2.62. The van der Waals surface area contributed by atoms with Gasteiger partial charge < -0.3 is 10.5 Å². The van der Waals surface area contributed by atoms with Gasteiger partial charge in [0, 0.05) is 19.3 Å². The van der Waals surface area contributed by atoms with E-state index >= 15 is 0 Å². The summed E-state index contributed by atoms with van der Waals surface area (Å²) in [4.78, 5) is 15.5. The van der Waals surface area contributed by atoms with E-state index in [2.05, 4.69) is 4.98 Å². The number of carbonyl (C=O) groups is 1. The summed E-state index contributed by atoms with van der Waals surface area (Å²) < 4.78 is 32.4. The van der Waals surface area contributed by atoms with Crippen LogP contribution < -0.4 is 5.73 Å². The second-order valence-corrected chi connectivity index (χ2v) is 7.31. The highest BCUT2D eigenvalue weighted by molar-refractivity contribution is 7.89. The first kappa shape index (κ1) is 16.6. The molecule has 8 heteroatoms. The number of sulfonamides is 1. The van der Waals surface area contributed by atoms with Crippen molar-refractivity contribution in [3.8, 4) is 0 Å². The Morgan fingerprint density at radius 1 is 1.21 bits per heavy atom. The van der Waals surface area contributed by atoms with E-state index in [-0.39, 0.29) is 24.6 Å². The summed E-state index contributed by atoms with van der Waals surface area (Å²) in [6, 6.07) is 11.5. The summed E-state index contributed by atoms with van der Waals surface area (Å²) in [6.07, 6.45) is 0.880. The topological polar surface area (TPSA) is 103 Å². The number of rotatable bonds is 4. The Morgan fingerprint density at radius 2 is 1.96 bits per heavy atom. The maximum atomic E-state index is 12.7. The summed E-state index contributed by atoms with van der Waals surface area (Å²) in [6.45, 7) is 0.725. The number of hydrogen-bond acceptors (Lipinski definition) is 5. The summed E-state index contributed by atoms with van der Waals surface area (Å²) in [7, 11) is -3.57. The summed E-state index contributed by atoms with van der Waals surface area (Å²) >= 11 is 0. The summed E-state index contributed by atoms with van der Waals surface area (Å²) in [5.41, 5.74) is 6.05. The monoisotopic (exact) mass is 347 g/mol. The number of ether oxygens (including phenoxy) is 1. The van der Waals surface area contributed by atoms with Gasteiger partial charge in [-0.25, -0.2) is 8.42 Å². The molecule has 2 aromatic rings. The molecule has 3 rings (SSSR count). The molecule has 0 saturated carbocycles. The van der Waals surface area contributed by atoms with E-state index in [1.165, 1.54) is 10.5 Å². The van der Waals surface area contributed by atoms with Crippen molar-refractivity contribution in [3.63, 3.8) is 0 Å². The maximum absolute atomic E-state index is 12.7. The minimum Gasteiger partial charge on any atom is -0.369 e. The van der Waals surface area contributed by atoms with E-state index in [0.29, 0.717) is 11.3 Å². The molecule has 126 valence electrons. The van der Waals surface area contributed by atoms with Gasteiger partial charge in [-0.3, -0.25) is 9.78 Å². The molecule has 1 amide bonds. The molecule has 24 heavy (non-hydrogen) atoms. The minimum absolute atomic E-state index is 0.167. The van der Waals surface area contributed by atoms with Gasteiger partial charge in [0.25, 0.3) is 0 Å². The van der Waals surface area contributed by atoms with Gasteiger partial charge in [-0.15, -0.1) is 0 Å². The number of pyridine rings is 1. The zero-order valence-corrected chi connectivity index (χ0v) is 13.6. The molecule has 1 aromatic carbocycles. The lowest BCUT2D eigenvalue weighted by Crippen LogP contribution is -2.42. The van der Waals surface area contributed by atoms with Gasteiger partial charge >= 0.3 is 0 Å². The van der Waals surface area contributed by atoms with Gasteiger partial charge in [0.1, 0.15) is 6.10 Å². The summed E-state index contributed by atoms with van der Waals surface area (Å²) in [5, 5.41) is 0. The van der Waals surface area contributed by atoms with E-state index in [1.54, 1.807) is 42.5 Å². The van der Waals surface area contributed by atoms with Crippen molar-refractivity contribution >= 4 is 15.9 Å². The Kier molecular flexibility index (Phi) is 4.61. The van der Waals surface area contributed by atoms with E-state index in [4.69, 9.17) is 10.5 Å². The van der Waals surface area contributed by atoms with E-state index in [0.717, 1.165) is 0 Å². The van der Waals surface area contributed by atoms with Crippen molar-refractivity contribution in [2.45, 2.75) is 11.0 Å². The van der Waals surface area contributed by atoms with Gasteiger partial charge in [0.15, 0.2) is 0 Å². The van der Waals surface area contributed by atoms with Gasteiger partial charge in [-0.05, 0) is 24.3 Å². The Hall–Kier alpha value is -2.29. The lowest BCUT2D eigenvalue weighted by Gasteiger charge is -2.31. The van der Waals surface area contributed by atoms with Crippen LogP contribution in [0.3, 0.4) is 0 Å². The Bertz CT molecular complexity index is 822. The molecule has 1 aliphatic rings. The molecule has 0 radical (unpaired) electrons. The van der Waals surface area contributed by atoms with Crippen molar-refractivity contribution in [1.82, 2.24) is 9.29 Å². The Balaban J connectivity index is 1.80. The molecule has 1 saturated heterocycles. The highest BCUT2D eigenvalue weighted by Gasteiger charge is 2.31. The Morgan fingerprint density at radius 3 is 2.58 bits per heavy atom. The number of primary amides is 1. The number of benzene rings is 1. The number of morpholine rings is 1. The first-order valence-electron chi connectivity index (χ1n) is 7.41. The fourth-order valence-electron chi connectivity index (χ4n) is 2.51. The Labute approximate surface area is 140 Å². The largest absolute Gasteiger partial charge is 0.369 e. The van der Waals surface area contributed by atoms with Crippen molar-refractivity contribution in [2.75, 3.05) is 19.7 Å². The third kappa shape index (κ3) is 3.30. The average molecular weight is 347 g/mol. The fraction of sp³-hybridized carbons (Fsp3) is 0.250. The van der Waals surface area contributed by atoms with Crippen LogP contribution in [0.1, 0.15) is 22.2 Å². The molecular formula is C16H17N3O4S. The SMILES string of the molecule is NC(=O)c1ccc(C2CN(S(=O)(=O)c3ccccc3)CCO2)nc1. The fourth-order valence-corrected chi connectivity index (χ4v) is 3.95.